The molecule has 2 N–H and O–H groups in total. The van der Waals surface area contributed by atoms with Gasteiger partial charge in [0.15, 0.2) is 5.11 Å². The lowest BCUT2D eigenvalue weighted by Gasteiger charge is -2.26. The molecule has 0 heterocycles. The van der Waals surface area contributed by atoms with Gasteiger partial charge in [-0.3, -0.25) is 0 Å². The van der Waals surface area contributed by atoms with Gasteiger partial charge in [-0.25, -0.2) is 0 Å². The van der Waals surface area contributed by atoms with Gasteiger partial charge >= 0.3 is 0 Å². The highest BCUT2D eigenvalue weighted by Crippen LogP contribution is 2.26. The topological polar surface area (TPSA) is 33.3 Å². The Kier molecular flexibility index (Phi) is 5.85. The van der Waals surface area contributed by atoms with Crippen molar-refractivity contribution in [3.63, 3.8) is 0 Å². The Morgan fingerprint density at radius 1 is 1.29 bits per heavy atom. The number of aryl methyl sites for hydroxylation is 1. The third kappa shape index (κ3) is 4.60. The lowest BCUT2D eigenvalue weighted by Crippen LogP contribution is -2.43. The van der Waals surface area contributed by atoms with Crippen LogP contribution in [0.2, 0.25) is 0 Å². The van der Waals surface area contributed by atoms with Crippen LogP contribution >= 0.6 is 12.2 Å². The molecular formula is C17H26N2OS. The second-order valence-corrected chi connectivity index (χ2v) is 6.33. The fourth-order valence-corrected chi connectivity index (χ4v) is 3.28. The van der Waals surface area contributed by atoms with Gasteiger partial charge in [0.2, 0.25) is 0 Å². The molecule has 1 aromatic rings. The van der Waals surface area contributed by atoms with Crippen molar-refractivity contribution in [1.29, 1.82) is 0 Å². The Hall–Kier alpha value is -1.29. The van der Waals surface area contributed by atoms with Gasteiger partial charge in [0.25, 0.3) is 0 Å². The van der Waals surface area contributed by atoms with Gasteiger partial charge in [-0.05, 0) is 45.0 Å². The van der Waals surface area contributed by atoms with Crippen LogP contribution in [0.4, 0.5) is 0 Å². The summed E-state index contributed by atoms with van der Waals surface area (Å²) < 4.78 is 5.45. The fourth-order valence-electron chi connectivity index (χ4n) is 2.94. The molecule has 0 radical (unpaired) electrons. The summed E-state index contributed by atoms with van der Waals surface area (Å²) in [4.78, 5) is 0. The van der Waals surface area contributed by atoms with Crippen molar-refractivity contribution in [2.45, 2.75) is 58.0 Å². The normalized spacial score (nSPS) is 17.1. The van der Waals surface area contributed by atoms with Gasteiger partial charge in [-0.2, -0.15) is 0 Å². The first kappa shape index (κ1) is 16.1. The summed E-state index contributed by atoms with van der Waals surface area (Å²) >= 11 is 5.46. The van der Waals surface area contributed by atoms with Crippen LogP contribution in [0.15, 0.2) is 18.2 Å². The van der Waals surface area contributed by atoms with E-state index < -0.39 is 0 Å². The van der Waals surface area contributed by atoms with Crippen LogP contribution in [0, 0.1) is 6.92 Å². The van der Waals surface area contributed by atoms with Gasteiger partial charge in [-0.1, -0.05) is 37.0 Å². The maximum Gasteiger partial charge on any atom is 0.166 e. The zero-order valence-corrected chi connectivity index (χ0v) is 14.1. The molecule has 1 aliphatic rings. The zero-order valence-electron chi connectivity index (χ0n) is 13.2. The molecule has 4 heteroatoms. The number of ether oxygens (including phenoxy) is 1. The first-order chi connectivity index (χ1) is 10.1. The van der Waals surface area contributed by atoms with Crippen molar-refractivity contribution in [3.8, 4) is 5.75 Å². The standard InChI is InChI=1S/C17H26N2OS/c1-12-9-10-16(20-3)15(11-12)13(2)18-17(21)19-14-7-5-4-6-8-14/h9-11,13-14H,4-8H2,1-3H3,(H2,18,19,21)/t13-/m0/s1. The van der Waals surface area contributed by atoms with Crippen molar-refractivity contribution in [1.82, 2.24) is 10.6 Å². The summed E-state index contributed by atoms with van der Waals surface area (Å²) in [5, 5.41) is 7.58. The third-order valence-electron chi connectivity index (χ3n) is 4.14. The molecule has 0 aromatic heterocycles. The van der Waals surface area contributed by atoms with E-state index in [4.69, 9.17) is 17.0 Å². The van der Waals surface area contributed by atoms with Gasteiger partial charge < -0.3 is 15.4 Å². The number of hydrogen-bond donors (Lipinski definition) is 2. The molecule has 3 nitrogen and oxygen atoms in total. The van der Waals surface area contributed by atoms with Gasteiger partial charge in [0, 0.05) is 11.6 Å². The highest BCUT2D eigenvalue weighted by molar-refractivity contribution is 7.80. The minimum absolute atomic E-state index is 0.128. The molecule has 0 bridgehead atoms. The average molecular weight is 306 g/mol. The second-order valence-electron chi connectivity index (χ2n) is 5.92. The van der Waals surface area contributed by atoms with E-state index in [-0.39, 0.29) is 6.04 Å². The molecule has 116 valence electrons. The van der Waals surface area contributed by atoms with Crippen molar-refractivity contribution >= 4 is 17.3 Å². The SMILES string of the molecule is COc1ccc(C)cc1[C@H](C)NC(=S)NC1CCCCC1. The lowest BCUT2D eigenvalue weighted by atomic mass is 9.96. The van der Waals surface area contributed by atoms with E-state index in [0.29, 0.717) is 6.04 Å². The summed E-state index contributed by atoms with van der Waals surface area (Å²) in [7, 11) is 1.71. The highest BCUT2D eigenvalue weighted by atomic mass is 32.1. The number of nitrogens with one attached hydrogen (secondary N) is 2. The van der Waals surface area contributed by atoms with E-state index in [1.807, 2.05) is 6.07 Å². The van der Waals surface area contributed by atoms with Crippen LogP contribution in [0.25, 0.3) is 0 Å². The molecule has 1 aromatic carbocycles. The molecule has 0 saturated heterocycles. The third-order valence-corrected chi connectivity index (χ3v) is 4.38. The van der Waals surface area contributed by atoms with Crippen LogP contribution in [-0.4, -0.2) is 18.3 Å². The Morgan fingerprint density at radius 2 is 2.00 bits per heavy atom. The van der Waals surface area contributed by atoms with Gasteiger partial charge in [0.1, 0.15) is 5.75 Å². The molecule has 1 fully saturated rings. The molecule has 0 aliphatic heterocycles. The predicted molar refractivity (Wildman–Crippen MR) is 91.9 cm³/mol. The average Bonchev–Trinajstić information content (AvgIpc) is 2.48. The van der Waals surface area contributed by atoms with Crippen LogP contribution in [0.5, 0.6) is 5.75 Å². The molecule has 0 amide bonds. The molecule has 1 atom stereocenters. The van der Waals surface area contributed by atoms with E-state index in [9.17, 15) is 0 Å². The van der Waals surface area contributed by atoms with Gasteiger partial charge in [0.05, 0.1) is 13.2 Å². The number of thiocarbonyl (C=S) groups is 1. The first-order valence-corrected chi connectivity index (χ1v) is 8.22. The largest absolute Gasteiger partial charge is 0.496 e. The second kappa shape index (κ2) is 7.64. The molecule has 0 spiro atoms. The molecule has 21 heavy (non-hydrogen) atoms. The van der Waals surface area contributed by atoms with Crippen molar-refractivity contribution < 1.29 is 4.74 Å². The quantitative estimate of drug-likeness (QED) is 0.828. The maximum atomic E-state index is 5.46. The van der Waals surface area contributed by atoms with Crippen LogP contribution in [0.1, 0.15) is 56.2 Å². The molecule has 1 saturated carbocycles. The lowest BCUT2D eigenvalue weighted by molar-refractivity contribution is 0.402. The van der Waals surface area contributed by atoms with E-state index in [1.165, 1.54) is 37.7 Å². The predicted octanol–water partition coefficient (Wildman–Crippen LogP) is 3.86. The van der Waals surface area contributed by atoms with E-state index >= 15 is 0 Å². The highest BCUT2D eigenvalue weighted by Gasteiger charge is 2.16. The minimum Gasteiger partial charge on any atom is -0.496 e. The number of rotatable bonds is 4. The molecule has 1 aliphatic carbocycles. The number of hydrogen-bond acceptors (Lipinski definition) is 2. The Morgan fingerprint density at radius 3 is 2.67 bits per heavy atom. The van der Waals surface area contributed by atoms with E-state index in [0.717, 1.165) is 16.4 Å². The Labute approximate surface area is 133 Å². The van der Waals surface area contributed by atoms with Crippen LogP contribution in [-0.2, 0) is 0 Å². The summed E-state index contributed by atoms with van der Waals surface area (Å²) in [5.74, 6) is 0.904. The fraction of sp³-hybridized carbons (Fsp3) is 0.588. The summed E-state index contributed by atoms with van der Waals surface area (Å²) in [5.41, 5.74) is 2.37. The molecule has 0 unspecified atom stereocenters. The minimum atomic E-state index is 0.128. The number of benzene rings is 1. The van der Waals surface area contributed by atoms with Gasteiger partial charge in [-0.15, -0.1) is 0 Å². The van der Waals surface area contributed by atoms with E-state index in [1.54, 1.807) is 7.11 Å². The van der Waals surface area contributed by atoms with Crippen molar-refractivity contribution in [3.05, 3.63) is 29.3 Å². The van der Waals surface area contributed by atoms with Crippen molar-refractivity contribution in [2.24, 2.45) is 0 Å². The summed E-state index contributed by atoms with van der Waals surface area (Å²) in [6.45, 7) is 4.21. The van der Waals surface area contributed by atoms with Crippen molar-refractivity contribution in [2.75, 3.05) is 7.11 Å². The summed E-state index contributed by atoms with van der Waals surface area (Å²) in [6, 6.07) is 6.89. The Bertz CT molecular complexity index is 484. The first-order valence-electron chi connectivity index (χ1n) is 7.81. The monoisotopic (exact) mass is 306 g/mol. The van der Waals surface area contributed by atoms with Crippen LogP contribution < -0.4 is 15.4 Å². The van der Waals surface area contributed by atoms with Crippen LogP contribution in [0.3, 0.4) is 0 Å². The molecule has 2 rings (SSSR count). The smallest absolute Gasteiger partial charge is 0.166 e. The summed E-state index contributed by atoms with van der Waals surface area (Å²) in [6.07, 6.45) is 6.42. The zero-order chi connectivity index (χ0) is 15.2. The Balaban J connectivity index is 1.95. The maximum absolute atomic E-state index is 5.46. The molecular weight excluding hydrogens is 280 g/mol. The number of methoxy groups -OCH3 is 1. The van der Waals surface area contributed by atoms with E-state index in [2.05, 4.69) is 36.6 Å².